The van der Waals surface area contributed by atoms with Gasteiger partial charge in [0.05, 0.1) is 10.6 Å². The monoisotopic (exact) mass is 347 g/mol. The molecule has 3 aromatic rings. The largest absolute Gasteiger partial charge is 0.492 e. The summed E-state index contributed by atoms with van der Waals surface area (Å²) in [7, 11) is 0. The number of aliphatic imine (C=N–C) groups is 1. The highest BCUT2D eigenvalue weighted by Crippen LogP contribution is 2.37. The van der Waals surface area contributed by atoms with Crippen LogP contribution in [0, 0.1) is 13.8 Å². The quantitative estimate of drug-likeness (QED) is 0.661. The maximum absolute atomic E-state index is 10.2. The Morgan fingerprint density at radius 3 is 2.80 bits per heavy atom. The van der Waals surface area contributed by atoms with Gasteiger partial charge in [-0.1, -0.05) is 47.2 Å². The van der Waals surface area contributed by atoms with E-state index in [1.165, 1.54) is 16.9 Å². The first kappa shape index (κ1) is 15.6. The second-order valence-corrected chi connectivity index (χ2v) is 7.06. The first-order valence-corrected chi connectivity index (χ1v) is 8.81. The van der Waals surface area contributed by atoms with Crippen molar-refractivity contribution in [3.05, 3.63) is 64.0 Å². The standard InChI is InChI=1S/C20H17N3OS/c1-12-7-8-16(13(2)9-12)22-20-23-19(24)18(25-20)10-14-11-21-17-6-4-3-5-15(14)17/h3-11,24H,1-2H3,(H,22,23). The highest BCUT2D eigenvalue weighted by atomic mass is 32.1. The van der Waals surface area contributed by atoms with Crippen molar-refractivity contribution < 1.29 is 5.11 Å². The molecule has 0 saturated heterocycles. The molecule has 2 N–H and O–H groups in total. The van der Waals surface area contributed by atoms with E-state index in [1.807, 2.05) is 42.6 Å². The van der Waals surface area contributed by atoms with Crippen LogP contribution in [0.25, 0.3) is 11.6 Å². The van der Waals surface area contributed by atoms with Crippen LogP contribution in [-0.2, 0) is 0 Å². The van der Waals surface area contributed by atoms with Crippen LogP contribution in [0.5, 0.6) is 5.88 Å². The van der Waals surface area contributed by atoms with Crippen LogP contribution >= 0.6 is 11.3 Å². The van der Waals surface area contributed by atoms with Crippen LogP contribution in [-0.4, -0.2) is 16.3 Å². The maximum atomic E-state index is 10.2. The Bertz CT molecular complexity index is 1020. The summed E-state index contributed by atoms with van der Waals surface area (Å²) in [6.07, 6.45) is 3.75. The number of nitrogens with zero attached hydrogens (tertiary/aromatic N) is 2. The summed E-state index contributed by atoms with van der Waals surface area (Å²) in [5.41, 5.74) is 6.35. The molecule has 5 heteroatoms. The summed E-state index contributed by atoms with van der Waals surface area (Å²) >= 11 is 1.42. The Kier molecular flexibility index (Phi) is 3.86. The second-order valence-electron chi connectivity index (χ2n) is 6.03. The molecule has 0 radical (unpaired) electrons. The molecule has 0 unspecified atom stereocenters. The van der Waals surface area contributed by atoms with Crippen molar-refractivity contribution in [2.45, 2.75) is 13.8 Å². The molecule has 0 amide bonds. The minimum atomic E-state index is 0.0301. The molecule has 4 nitrogen and oxygen atoms in total. The third-order valence-corrected chi connectivity index (χ3v) is 5.01. The van der Waals surface area contributed by atoms with E-state index in [2.05, 4.69) is 41.3 Å². The summed E-state index contributed by atoms with van der Waals surface area (Å²) in [5.74, 6) is 0.0301. The van der Waals surface area contributed by atoms with Crippen molar-refractivity contribution in [2.75, 3.05) is 5.32 Å². The van der Waals surface area contributed by atoms with Crippen LogP contribution in [0.3, 0.4) is 0 Å². The Morgan fingerprint density at radius 1 is 1.12 bits per heavy atom. The van der Waals surface area contributed by atoms with E-state index in [-0.39, 0.29) is 5.88 Å². The minimum absolute atomic E-state index is 0.0301. The molecule has 1 aliphatic rings. The third-order valence-electron chi connectivity index (χ3n) is 4.10. The summed E-state index contributed by atoms with van der Waals surface area (Å²) in [6, 6.07) is 14.2. The van der Waals surface area contributed by atoms with Crippen molar-refractivity contribution in [3.63, 3.8) is 0 Å². The highest BCUT2D eigenvalue weighted by molar-refractivity contribution is 7.16. The summed E-state index contributed by atoms with van der Waals surface area (Å²) in [5, 5.41) is 14.2. The fourth-order valence-electron chi connectivity index (χ4n) is 2.84. The van der Waals surface area contributed by atoms with Crippen molar-refractivity contribution in [1.29, 1.82) is 0 Å². The SMILES string of the molecule is Cc1ccc(Nc2nc(O)c(C=C3C=Nc4ccccc43)s2)c(C)c1. The number of benzene rings is 2. The number of nitrogens with one attached hydrogen (secondary N) is 1. The molecule has 0 saturated carbocycles. The van der Waals surface area contributed by atoms with E-state index in [1.54, 1.807) is 0 Å². The van der Waals surface area contributed by atoms with Gasteiger partial charge in [-0.25, -0.2) is 0 Å². The van der Waals surface area contributed by atoms with E-state index in [4.69, 9.17) is 0 Å². The molecule has 4 rings (SSSR count). The van der Waals surface area contributed by atoms with Gasteiger partial charge in [0.25, 0.3) is 0 Å². The van der Waals surface area contributed by atoms with Crippen molar-refractivity contribution in [3.8, 4) is 5.88 Å². The number of rotatable bonds is 3. The number of aromatic hydroxyl groups is 1. The van der Waals surface area contributed by atoms with E-state index in [0.717, 1.165) is 28.1 Å². The highest BCUT2D eigenvalue weighted by Gasteiger charge is 2.14. The van der Waals surface area contributed by atoms with E-state index in [0.29, 0.717) is 10.0 Å². The Labute approximate surface area is 150 Å². The number of aromatic nitrogens is 1. The Morgan fingerprint density at radius 2 is 1.96 bits per heavy atom. The lowest BCUT2D eigenvalue weighted by molar-refractivity contribution is 0.457. The molecule has 1 aliphatic heterocycles. The predicted molar refractivity (Wildman–Crippen MR) is 105 cm³/mol. The van der Waals surface area contributed by atoms with E-state index in [9.17, 15) is 5.11 Å². The molecule has 124 valence electrons. The topological polar surface area (TPSA) is 57.5 Å². The molecule has 0 atom stereocenters. The Hall–Kier alpha value is -2.92. The van der Waals surface area contributed by atoms with Crippen molar-refractivity contribution in [1.82, 2.24) is 4.98 Å². The van der Waals surface area contributed by atoms with E-state index < -0.39 is 0 Å². The summed E-state index contributed by atoms with van der Waals surface area (Å²) in [4.78, 5) is 9.35. The number of aryl methyl sites for hydroxylation is 2. The first-order valence-electron chi connectivity index (χ1n) is 7.99. The van der Waals surface area contributed by atoms with Gasteiger partial charge in [0.1, 0.15) is 0 Å². The average Bonchev–Trinajstić information content (AvgIpc) is 3.15. The number of hydrogen-bond acceptors (Lipinski definition) is 5. The van der Waals surface area contributed by atoms with Crippen LogP contribution in [0.2, 0.25) is 0 Å². The van der Waals surface area contributed by atoms with Gasteiger partial charge in [-0.3, -0.25) is 4.99 Å². The molecule has 0 bridgehead atoms. The lowest BCUT2D eigenvalue weighted by Gasteiger charge is -2.06. The minimum Gasteiger partial charge on any atom is -0.492 e. The molecule has 2 heterocycles. The van der Waals surface area contributed by atoms with Gasteiger partial charge in [0.2, 0.25) is 5.88 Å². The lowest BCUT2D eigenvalue weighted by atomic mass is 10.1. The average molecular weight is 347 g/mol. The maximum Gasteiger partial charge on any atom is 0.231 e. The van der Waals surface area contributed by atoms with Gasteiger partial charge in [0.15, 0.2) is 5.13 Å². The number of anilines is 2. The third kappa shape index (κ3) is 3.06. The van der Waals surface area contributed by atoms with Gasteiger partial charge < -0.3 is 10.4 Å². The number of para-hydroxylation sites is 1. The number of thiazole rings is 1. The van der Waals surface area contributed by atoms with Gasteiger partial charge >= 0.3 is 0 Å². The lowest BCUT2D eigenvalue weighted by Crippen LogP contribution is -1.92. The zero-order valence-corrected chi connectivity index (χ0v) is 14.8. The van der Waals surface area contributed by atoms with E-state index >= 15 is 0 Å². The second kappa shape index (κ2) is 6.18. The normalized spacial score (nSPS) is 14.1. The number of allylic oxidation sites excluding steroid dienone is 1. The molecule has 0 aliphatic carbocycles. The fraction of sp³-hybridized carbons (Fsp3) is 0.100. The zero-order valence-electron chi connectivity index (χ0n) is 13.9. The summed E-state index contributed by atoms with van der Waals surface area (Å²) in [6.45, 7) is 4.12. The van der Waals surface area contributed by atoms with Crippen molar-refractivity contribution in [2.24, 2.45) is 4.99 Å². The van der Waals surface area contributed by atoms with Gasteiger partial charge in [-0.15, -0.1) is 0 Å². The molecule has 25 heavy (non-hydrogen) atoms. The van der Waals surface area contributed by atoms with Gasteiger partial charge in [-0.05, 0) is 37.6 Å². The van der Waals surface area contributed by atoms with Crippen LogP contribution in [0.1, 0.15) is 21.6 Å². The molecule has 1 aromatic heterocycles. The molecular formula is C20H17N3OS. The number of hydrogen-bond donors (Lipinski definition) is 2. The van der Waals surface area contributed by atoms with Gasteiger partial charge in [-0.2, -0.15) is 4.98 Å². The zero-order chi connectivity index (χ0) is 17.4. The Balaban J connectivity index is 1.63. The van der Waals surface area contributed by atoms with Gasteiger partial charge in [0, 0.05) is 23.0 Å². The first-order chi connectivity index (χ1) is 12.1. The van der Waals surface area contributed by atoms with Crippen LogP contribution < -0.4 is 5.32 Å². The molecule has 2 aromatic carbocycles. The molecule has 0 fully saturated rings. The predicted octanol–water partition coefficient (Wildman–Crippen LogP) is 5.47. The van der Waals surface area contributed by atoms with Crippen LogP contribution in [0.4, 0.5) is 16.5 Å². The van der Waals surface area contributed by atoms with Crippen LogP contribution in [0.15, 0.2) is 47.5 Å². The molecule has 0 spiro atoms. The fourth-order valence-corrected chi connectivity index (χ4v) is 3.66. The summed E-state index contributed by atoms with van der Waals surface area (Å²) < 4.78 is 0. The van der Waals surface area contributed by atoms with Crippen molar-refractivity contribution >= 4 is 45.7 Å². The molecular weight excluding hydrogens is 330 g/mol. The smallest absolute Gasteiger partial charge is 0.231 e. The number of fused-ring (bicyclic) bond motifs is 1.